The minimum atomic E-state index is -2.70. The van der Waals surface area contributed by atoms with E-state index in [2.05, 4.69) is 4.90 Å². The predicted molar refractivity (Wildman–Crippen MR) is 130 cm³/mol. The lowest BCUT2D eigenvalue weighted by Crippen LogP contribution is -2.74. The number of fused-ring (bicyclic) bond motifs is 3. The van der Waals surface area contributed by atoms with E-state index in [-0.39, 0.29) is 17.7 Å². The fourth-order valence-corrected chi connectivity index (χ4v) is 7.18. The summed E-state index contributed by atoms with van der Waals surface area (Å²) >= 11 is 0. The van der Waals surface area contributed by atoms with Crippen LogP contribution >= 0.6 is 0 Å². The van der Waals surface area contributed by atoms with Crippen LogP contribution in [0.25, 0.3) is 0 Å². The van der Waals surface area contributed by atoms with Crippen molar-refractivity contribution < 1.29 is 34.2 Å². The SMILES string of the molecule is CN(C)[C@H]1C(=O)C(C(N)=O)C(=O)[C@]2(O)C(=O)C3C(=O)c4c(O)ccc(CN5CCCCC5)c4C[C@@H]3C[C@H]12. The van der Waals surface area contributed by atoms with Gasteiger partial charge in [0.1, 0.15) is 5.75 Å². The molecule has 0 radical (unpaired) electrons. The molecule has 1 amide bonds. The van der Waals surface area contributed by atoms with Crippen LogP contribution in [0.4, 0.5) is 0 Å². The Hall–Kier alpha value is -2.95. The third-order valence-corrected chi connectivity index (χ3v) is 8.88. The summed E-state index contributed by atoms with van der Waals surface area (Å²) in [5.41, 5.74) is 4.29. The lowest BCUT2D eigenvalue weighted by atomic mass is 9.52. The van der Waals surface area contributed by atoms with Gasteiger partial charge in [0, 0.05) is 12.5 Å². The zero-order valence-electron chi connectivity index (χ0n) is 21.1. The van der Waals surface area contributed by atoms with Crippen LogP contribution in [0.3, 0.4) is 0 Å². The van der Waals surface area contributed by atoms with Crippen LogP contribution in [0.1, 0.15) is 47.2 Å². The second kappa shape index (κ2) is 9.11. The van der Waals surface area contributed by atoms with Crippen LogP contribution in [-0.2, 0) is 32.1 Å². The number of aliphatic hydroxyl groups is 1. The molecule has 1 aromatic rings. The Morgan fingerprint density at radius 1 is 1.11 bits per heavy atom. The van der Waals surface area contributed by atoms with Crippen molar-refractivity contribution in [1.29, 1.82) is 0 Å². The number of carbonyl (C=O) groups excluding carboxylic acids is 5. The number of aromatic hydroxyl groups is 1. The molecule has 0 aromatic heterocycles. The van der Waals surface area contributed by atoms with Gasteiger partial charge in [-0.2, -0.15) is 0 Å². The number of hydrogen-bond acceptors (Lipinski definition) is 9. The quantitative estimate of drug-likeness (QED) is 0.468. The van der Waals surface area contributed by atoms with Gasteiger partial charge in [0.15, 0.2) is 34.7 Å². The number of primary amides is 1. The molecule has 0 spiro atoms. The number of phenols is 1. The number of hydrogen-bond donors (Lipinski definition) is 3. The van der Waals surface area contributed by atoms with Gasteiger partial charge in [0.25, 0.3) is 0 Å². The van der Waals surface area contributed by atoms with Gasteiger partial charge in [-0.05, 0) is 76.0 Å². The molecule has 2 saturated carbocycles. The van der Waals surface area contributed by atoms with Crippen molar-refractivity contribution in [1.82, 2.24) is 9.80 Å². The first-order valence-electron chi connectivity index (χ1n) is 12.9. The van der Waals surface area contributed by atoms with E-state index in [1.807, 2.05) is 6.07 Å². The average Bonchev–Trinajstić information content (AvgIpc) is 2.83. The van der Waals surface area contributed by atoms with Crippen LogP contribution in [0.15, 0.2) is 12.1 Å². The van der Waals surface area contributed by atoms with Gasteiger partial charge in [-0.3, -0.25) is 33.8 Å². The van der Waals surface area contributed by atoms with Gasteiger partial charge in [0.2, 0.25) is 5.91 Å². The first-order chi connectivity index (χ1) is 17.5. The third kappa shape index (κ3) is 3.76. The molecule has 198 valence electrons. The summed E-state index contributed by atoms with van der Waals surface area (Å²) in [6, 6.07) is 2.17. The number of Topliss-reactive ketones (excluding diaryl/α,β-unsaturated/α-hetero) is 4. The number of rotatable bonds is 4. The Balaban J connectivity index is 1.58. The molecule has 0 bridgehead atoms. The lowest BCUT2D eigenvalue weighted by Gasteiger charge is -2.52. The summed E-state index contributed by atoms with van der Waals surface area (Å²) in [6.45, 7) is 2.50. The van der Waals surface area contributed by atoms with Gasteiger partial charge in [0.05, 0.1) is 17.5 Å². The second-order valence-electron chi connectivity index (χ2n) is 11.2. The molecule has 4 N–H and O–H groups in total. The molecule has 3 fully saturated rings. The van der Waals surface area contributed by atoms with Crippen LogP contribution < -0.4 is 5.73 Å². The fourth-order valence-electron chi connectivity index (χ4n) is 7.18. The molecular weight excluding hydrogens is 478 g/mol. The van der Waals surface area contributed by atoms with Crippen molar-refractivity contribution in [3.8, 4) is 5.75 Å². The summed E-state index contributed by atoms with van der Waals surface area (Å²) in [6.07, 6.45) is 3.73. The molecule has 1 saturated heterocycles. The van der Waals surface area contributed by atoms with Crippen molar-refractivity contribution in [2.24, 2.45) is 29.4 Å². The molecule has 2 unspecified atom stereocenters. The fraction of sp³-hybridized carbons (Fsp3) is 0.593. The van der Waals surface area contributed by atoms with Crippen molar-refractivity contribution in [2.45, 2.75) is 50.3 Å². The Morgan fingerprint density at radius 3 is 2.41 bits per heavy atom. The van der Waals surface area contributed by atoms with Gasteiger partial charge in [-0.15, -0.1) is 0 Å². The summed E-state index contributed by atoms with van der Waals surface area (Å²) in [5.74, 6) is -10.1. The molecule has 6 atom stereocenters. The van der Waals surface area contributed by atoms with Crippen LogP contribution in [0, 0.1) is 23.7 Å². The molecule has 5 rings (SSSR count). The number of nitrogens with two attached hydrogens (primary N) is 1. The molecule has 4 aliphatic rings. The highest BCUT2D eigenvalue weighted by atomic mass is 16.3. The summed E-state index contributed by atoms with van der Waals surface area (Å²) in [7, 11) is 3.15. The number of benzene rings is 1. The van der Waals surface area contributed by atoms with E-state index in [0.29, 0.717) is 18.5 Å². The van der Waals surface area contributed by atoms with Crippen LogP contribution in [-0.4, -0.2) is 87.9 Å². The number of carbonyl (C=O) groups is 5. The van der Waals surface area contributed by atoms with Gasteiger partial charge in [-0.25, -0.2) is 0 Å². The van der Waals surface area contributed by atoms with E-state index < -0.39 is 64.4 Å². The minimum absolute atomic E-state index is 0.0566. The maximum atomic E-state index is 13.8. The highest BCUT2D eigenvalue weighted by Gasteiger charge is 2.69. The zero-order valence-corrected chi connectivity index (χ0v) is 21.1. The van der Waals surface area contributed by atoms with Crippen molar-refractivity contribution >= 4 is 29.0 Å². The summed E-state index contributed by atoms with van der Waals surface area (Å²) in [4.78, 5) is 69.9. The standard InChI is InChI=1S/C27H33N3O7/c1-29(2)21-16-11-14-10-15-13(12-30-8-4-3-5-9-30)6-7-17(31)19(15)22(32)18(14)24(34)27(16,37)25(35)20(23(21)33)26(28)36/h6-7,14,16,18,20-21,31,37H,3-5,8-12H2,1-2H3,(H2,28,36)/t14-,16-,18?,20?,21-,27-/m1/s1. The molecule has 10 nitrogen and oxygen atoms in total. The van der Waals surface area contributed by atoms with Gasteiger partial charge >= 0.3 is 0 Å². The topological polar surface area (TPSA) is 158 Å². The molecule has 3 aliphatic carbocycles. The van der Waals surface area contributed by atoms with E-state index in [1.165, 1.54) is 17.4 Å². The molecule has 1 heterocycles. The second-order valence-corrected chi connectivity index (χ2v) is 11.2. The zero-order chi connectivity index (χ0) is 26.8. The number of likely N-dealkylation sites (tertiary alicyclic amines) is 1. The molecule has 37 heavy (non-hydrogen) atoms. The van der Waals surface area contributed by atoms with Gasteiger partial charge in [-0.1, -0.05) is 12.5 Å². The Kier molecular flexibility index (Phi) is 6.32. The smallest absolute Gasteiger partial charge is 0.235 e. The molecule has 1 aliphatic heterocycles. The monoisotopic (exact) mass is 511 g/mol. The van der Waals surface area contributed by atoms with Crippen LogP contribution in [0.2, 0.25) is 0 Å². The molecule has 1 aromatic carbocycles. The largest absolute Gasteiger partial charge is 0.507 e. The van der Waals surface area contributed by atoms with E-state index in [9.17, 15) is 34.2 Å². The molecular formula is C27H33N3O7. The van der Waals surface area contributed by atoms with Crippen molar-refractivity contribution in [2.75, 3.05) is 27.2 Å². The number of phenolic OH excluding ortho intramolecular Hbond substituents is 1. The number of amides is 1. The highest BCUT2D eigenvalue weighted by Crippen LogP contribution is 2.51. The van der Waals surface area contributed by atoms with E-state index in [1.54, 1.807) is 14.1 Å². The minimum Gasteiger partial charge on any atom is -0.507 e. The number of nitrogens with zero attached hydrogens (tertiary/aromatic N) is 2. The number of piperidine rings is 1. The Bertz CT molecular complexity index is 1200. The summed E-state index contributed by atoms with van der Waals surface area (Å²) < 4.78 is 0. The first-order valence-corrected chi connectivity index (χ1v) is 12.9. The Labute approximate surface area is 214 Å². The molecule has 10 heteroatoms. The van der Waals surface area contributed by atoms with Crippen LogP contribution in [0.5, 0.6) is 5.75 Å². The summed E-state index contributed by atoms with van der Waals surface area (Å²) in [5, 5.41) is 22.3. The van der Waals surface area contributed by atoms with Crippen molar-refractivity contribution in [3.63, 3.8) is 0 Å². The predicted octanol–water partition coefficient (Wildman–Crippen LogP) is -0.147. The average molecular weight is 512 g/mol. The van der Waals surface area contributed by atoms with Crippen molar-refractivity contribution in [3.05, 3.63) is 28.8 Å². The Morgan fingerprint density at radius 2 is 1.78 bits per heavy atom. The number of ketones is 4. The van der Waals surface area contributed by atoms with E-state index >= 15 is 0 Å². The first kappa shape index (κ1) is 25.7. The van der Waals surface area contributed by atoms with Gasteiger partial charge < -0.3 is 15.9 Å². The lowest BCUT2D eigenvalue weighted by molar-refractivity contribution is -0.181. The maximum absolute atomic E-state index is 13.8. The highest BCUT2D eigenvalue weighted by molar-refractivity contribution is 6.32. The van der Waals surface area contributed by atoms with E-state index in [0.717, 1.165) is 31.5 Å². The third-order valence-electron chi connectivity index (χ3n) is 8.88. The normalized spacial score (nSPS) is 34.2. The number of likely N-dealkylation sites (N-methyl/N-ethyl adjacent to an activating group) is 1. The maximum Gasteiger partial charge on any atom is 0.235 e. The van der Waals surface area contributed by atoms with E-state index in [4.69, 9.17) is 5.73 Å².